The molecule has 1 aliphatic heterocycles. The van der Waals surface area contributed by atoms with E-state index in [0.717, 1.165) is 38.7 Å². The Hall–Kier alpha value is -2.38. The average Bonchev–Trinajstić information content (AvgIpc) is 3.15. The van der Waals surface area contributed by atoms with Gasteiger partial charge >= 0.3 is 6.03 Å². The first-order valence-corrected chi connectivity index (χ1v) is 9.93. The molecule has 1 aromatic carbocycles. The molecule has 1 aliphatic rings. The van der Waals surface area contributed by atoms with Crippen molar-refractivity contribution < 1.29 is 9.53 Å². The van der Waals surface area contributed by atoms with Crippen LogP contribution in [0.5, 0.6) is 0 Å². The van der Waals surface area contributed by atoms with E-state index in [1.165, 1.54) is 5.56 Å². The first-order valence-electron chi connectivity index (χ1n) is 9.93. The number of carbonyl (C=O) groups is 1. The van der Waals surface area contributed by atoms with Gasteiger partial charge in [-0.3, -0.25) is 4.90 Å². The van der Waals surface area contributed by atoms with Crippen LogP contribution in [-0.4, -0.2) is 65.4 Å². The highest BCUT2D eigenvalue weighted by Crippen LogP contribution is 2.15. The number of imidazole rings is 1. The summed E-state index contributed by atoms with van der Waals surface area (Å²) in [7, 11) is 0. The van der Waals surface area contributed by atoms with Gasteiger partial charge in [-0.1, -0.05) is 30.3 Å². The number of benzene rings is 1. The van der Waals surface area contributed by atoms with Crippen LogP contribution in [-0.2, 0) is 17.7 Å². The van der Waals surface area contributed by atoms with E-state index in [4.69, 9.17) is 4.74 Å². The molecule has 7 heteroatoms. The van der Waals surface area contributed by atoms with Gasteiger partial charge in [-0.2, -0.15) is 0 Å². The first kappa shape index (κ1) is 20.4. The molecule has 28 heavy (non-hydrogen) atoms. The Labute approximate surface area is 167 Å². The number of amides is 2. The van der Waals surface area contributed by atoms with Gasteiger partial charge in [-0.05, 0) is 19.4 Å². The minimum absolute atomic E-state index is 0.0902. The second-order valence-corrected chi connectivity index (χ2v) is 7.73. The Bertz CT molecular complexity index is 738. The molecule has 1 fully saturated rings. The van der Waals surface area contributed by atoms with Crippen molar-refractivity contribution in [3.05, 3.63) is 54.1 Å². The summed E-state index contributed by atoms with van der Waals surface area (Å²) in [5.41, 5.74) is 1.14. The molecule has 2 N–H and O–H groups in total. The van der Waals surface area contributed by atoms with Crippen LogP contribution in [0.25, 0.3) is 0 Å². The lowest BCUT2D eigenvalue weighted by molar-refractivity contribution is -0.00874. The second kappa shape index (κ2) is 9.71. The van der Waals surface area contributed by atoms with Gasteiger partial charge in [0.15, 0.2) is 0 Å². The quantitative estimate of drug-likeness (QED) is 0.728. The molecule has 0 atom stereocenters. The number of nitrogens with one attached hydrogen (secondary N) is 2. The topological polar surface area (TPSA) is 71.4 Å². The summed E-state index contributed by atoms with van der Waals surface area (Å²) >= 11 is 0. The molecular weight excluding hydrogens is 354 g/mol. The van der Waals surface area contributed by atoms with Gasteiger partial charge in [0.1, 0.15) is 5.82 Å². The van der Waals surface area contributed by atoms with Crippen LogP contribution in [0.15, 0.2) is 42.7 Å². The lowest BCUT2D eigenvalue weighted by Crippen LogP contribution is -2.56. The van der Waals surface area contributed by atoms with Crippen LogP contribution >= 0.6 is 0 Å². The van der Waals surface area contributed by atoms with Crippen molar-refractivity contribution in [2.24, 2.45) is 0 Å². The number of nitrogens with zero attached hydrogens (tertiary/aromatic N) is 3. The highest BCUT2D eigenvalue weighted by Gasteiger charge is 2.28. The molecule has 0 radical (unpaired) electrons. The Morgan fingerprint density at radius 3 is 2.68 bits per heavy atom. The molecule has 0 bridgehead atoms. The smallest absolute Gasteiger partial charge is 0.314 e. The molecule has 2 heterocycles. The van der Waals surface area contributed by atoms with Gasteiger partial charge in [-0.15, -0.1) is 0 Å². The zero-order valence-corrected chi connectivity index (χ0v) is 16.9. The summed E-state index contributed by atoms with van der Waals surface area (Å²) in [5.74, 6) is 0.970. The summed E-state index contributed by atoms with van der Waals surface area (Å²) in [4.78, 5) is 19.0. The number of aromatic nitrogens is 2. The van der Waals surface area contributed by atoms with Crippen LogP contribution in [0.4, 0.5) is 4.79 Å². The van der Waals surface area contributed by atoms with Gasteiger partial charge in [0, 0.05) is 57.1 Å². The molecule has 152 valence electrons. The van der Waals surface area contributed by atoms with E-state index in [2.05, 4.69) is 51.1 Å². The van der Waals surface area contributed by atoms with E-state index in [9.17, 15) is 4.79 Å². The minimum atomic E-state index is -0.137. The van der Waals surface area contributed by atoms with Gasteiger partial charge in [0.25, 0.3) is 0 Å². The lowest BCUT2D eigenvalue weighted by Gasteiger charge is -2.40. The van der Waals surface area contributed by atoms with Crippen molar-refractivity contribution in [2.45, 2.75) is 32.4 Å². The fraction of sp³-hybridized carbons (Fsp3) is 0.524. The number of hydrogen-bond donors (Lipinski definition) is 2. The van der Waals surface area contributed by atoms with Gasteiger partial charge in [-0.25, -0.2) is 9.78 Å². The molecule has 2 aromatic rings. The summed E-state index contributed by atoms with van der Waals surface area (Å²) in [6.45, 7) is 9.56. The van der Waals surface area contributed by atoms with Crippen LogP contribution in [0.3, 0.4) is 0 Å². The molecule has 0 unspecified atom stereocenters. The SMILES string of the molecule is CC(C)(CNC(=O)NCCc1nccn1Cc1ccccc1)N1CCOCC1. The number of rotatable bonds is 8. The monoisotopic (exact) mass is 385 g/mol. The maximum atomic E-state index is 12.2. The van der Waals surface area contributed by atoms with Gasteiger partial charge < -0.3 is 19.9 Å². The first-order chi connectivity index (χ1) is 13.5. The molecule has 1 saturated heterocycles. The van der Waals surface area contributed by atoms with Crippen molar-refractivity contribution in [2.75, 3.05) is 39.4 Å². The predicted octanol–water partition coefficient (Wildman–Crippen LogP) is 1.88. The highest BCUT2D eigenvalue weighted by molar-refractivity contribution is 5.73. The Morgan fingerprint density at radius 1 is 1.18 bits per heavy atom. The Kier molecular flexibility index (Phi) is 7.06. The maximum absolute atomic E-state index is 12.2. The fourth-order valence-corrected chi connectivity index (χ4v) is 3.42. The highest BCUT2D eigenvalue weighted by atomic mass is 16.5. The van der Waals surface area contributed by atoms with Crippen molar-refractivity contribution in [1.82, 2.24) is 25.1 Å². The number of ether oxygens (including phenoxy) is 1. The van der Waals surface area contributed by atoms with Crippen molar-refractivity contribution in [3.8, 4) is 0 Å². The van der Waals surface area contributed by atoms with Crippen LogP contribution < -0.4 is 10.6 Å². The Balaban J connectivity index is 1.40. The minimum Gasteiger partial charge on any atom is -0.379 e. The normalized spacial score (nSPS) is 15.4. The number of carbonyl (C=O) groups excluding carboxylic acids is 1. The summed E-state index contributed by atoms with van der Waals surface area (Å²) in [5, 5.41) is 5.94. The van der Waals surface area contributed by atoms with Gasteiger partial charge in [0.05, 0.1) is 13.2 Å². The van der Waals surface area contributed by atoms with Gasteiger partial charge in [0.2, 0.25) is 0 Å². The van der Waals surface area contributed by atoms with Crippen molar-refractivity contribution in [3.63, 3.8) is 0 Å². The number of hydrogen-bond acceptors (Lipinski definition) is 4. The lowest BCUT2D eigenvalue weighted by atomic mass is 10.0. The van der Waals surface area contributed by atoms with E-state index in [-0.39, 0.29) is 11.6 Å². The zero-order chi connectivity index (χ0) is 19.8. The average molecular weight is 386 g/mol. The largest absolute Gasteiger partial charge is 0.379 e. The molecule has 0 saturated carbocycles. The molecule has 3 rings (SSSR count). The van der Waals surface area contributed by atoms with E-state index < -0.39 is 0 Å². The van der Waals surface area contributed by atoms with E-state index in [0.29, 0.717) is 19.5 Å². The zero-order valence-electron chi connectivity index (χ0n) is 16.9. The fourth-order valence-electron chi connectivity index (χ4n) is 3.42. The van der Waals surface area contributed by atoms with E-state index in [1.807, 2.05) is 30.6 Å². The van der Waals surface area contributed by atoms with Crippen LogP contribution in [0.2, 0.25) is 0 Å². The Morgan fingerprint density at radius 2 is 1.93 bits per heavy atom. The molecule has 0 aliphatic carbocycles. The third-order valence-corrected chi connectivity index (χ3v) is 5.18. The number of morpholine rings is 1. The molecular formula is C21H31N5O2. The van der Waals surface area contributed by atoms with Crippen LogP contribution in [0, 0.1) is 0 Å². The summed E-state index contributed by atoms with van der Waals surface area (Å²) in [6.07, 6.45) is 4.48. The molecule has 7 nitrogen and oxygen atoms in total. The van der Waals surface area contributed by atoms with Crippen molar-refractivity contribution >= 4 is 6.03 Å². The summed E-state index contributed by atoms with van der Waals surface area (Å²) < 4.78 is 7.53. The third kappa shape index (κ3) is 5.81. The predicted molar refractivity (Wildman–Crippen MR) is 109 cm³/mol. The molecule has 2 amide bonds. The third-order valence-electron chi connectivity index (χ3n) is 5.18. The maximum Gasteiger partial charge on any atom is 0.314 e. The van der Waals surface area contributed by atoms with Crippen molar-refractivity contribution in [1.29, 1.82) is 0 Å². The van der Waals surface area contributed by atoms with Crippen LogP contribution in [0.1, 0.15) is 25.2 Å². The van der Waals surface area contributed by atoms with E-state index >= 15 is 0 Å². The van der Waals surface area contributed by atoms with E-state index in [1.54, 1.807) is 0 Å². The second-order valence-electron chi connectivity index (χ2n) is 7.73. The number of urea groups is 1. The summed E-state index contributed by atoms with van der Waals surface area (Å²) in [6, 6.07) is 10.2. The standard InChI is InChI=1S/C21H31N5O2/c1-21(2,26-12-14-28-15-13-26)17-24-20(27)23-9-8-19-22-10-11-25(19)16-18-6-4-3-5-7-18/h3-7,10-11H,8-9,12-17H2,1-2H3,(H2,23,24,27). The molecule has 0 spiro atoms. The molecule has 1 aromatic heterocycles.